The van der Waals surface area contributed by atoms with Crippen molar-refractivity contribution in [2.45, 2.75) is 18.9 Å². The van der Waals surface area contributed by atoms with Gasteiger partial charge in [0.15, 0.2) is 0 Å². The Morgan fingerprint density at radius 2 is 1.93 bits per heavy atom. The van der Waals surface area contributed by atoms with E-state index in [2.05, 4.69) is 31.3 Å². The van der Waals surface area contributed by atoms with Crippen LogP contribution in [0.15, 0.2) is 61.2 Å². The van der Waals surface area contributed by atoms with Crippen molar-refractivity contribution >= 4 is 10.9 Å². The Kier molecular flexibility index (Phi) is 4.65. The first-order valence-corrected chi connectivity index (χ1v) is 9.70. The van der Waals surface area contributed by atoms with Crippen molar-refractivity contribution in [3.8, 4) is 22.8 Å². The summed E-state index contributed by atoms with van der Waals surface area (Å²) < 4.78 is 21.3. The van der Waals surface area contributed by atoms with E-state index in [1.165, 1.54) is 18.5 Å². The lowest BCUT2D eigenvalue weighted by atomic mass is 10.1. The maximum atomic E-state index is 13.4. The van der Waals surface area contributed by atoms with E-state index in [0.717, 1.165) is 48.0 Å². The number of benzene rings is 2. The van der Waals surface area contributed by atoms with Gasteiger partial charge in [0.25, 0.3) is 0 Å². The van der Waals surface area contributed by atoms with E-state index >= 15 is 0 Å². The van der Waals surface area contributed by atoms with Crippen LogP contribution in [0.25, 0.3) is 22.0 Å². The van der Waals surface area contributed by atoms with Crippen molar-refractivity contribution in [3.63, 3.8) is 0 Å². The van der Waals surface area contributed by atoms with E-state index < -0.39 is 0 Å². The average Bonchev–Trinajstić information content (AvgIpc) is 3.25. The molecule has 3 heterocycles. The lowest BCUT2D eigenvalue weighted by Crippen LogP contribution is -2.29. The van der Waals surface area contributed by atoms with Gasteiger partial charge in [-0.2, -0.15) is 5.10 Å². The number of aromatic nitrogens is 4. The molecular weight excluding hydrogens is 369 g/mol. The molecule has 146 valence electrons. The second-order valence-corrected chi connectivity index (χ2v) is 7.16. The highest BCUT2D eigenvalue weighted by molar-refractivity contribution is 5.87. The molecule has 0 saturated carbocycles. The first kappa shape index (κ1) is 17.8. The van der Waals surface area contributed by atoms with Crippen molar-refractivity contribution in [1.29, 1.82) is 0 Å². The van der Waals surface area contributed by atoms with Crippen LogP contribution in [-0.2, 0) is 0 Å². The minimum atomic E-state index is -0.353. The summed E-state index contributed by atoms with van der Waals surface area (Å²) in [7, 11) is 0. The van der Waals surface area contributed by atoms with Gasteiger partial charge in [0.2, 0.25) is 5.88 Å². The number of hydrogen-bond donors (Lipinski definition) is 1. The van der Waals surface area contributed by atoms with Gasteiger partial charge in [0.05, 0.1) is 23.1 Å². The maximum Gasteiger partial charge on any atom is 0.230 e. The fourth-order valence-corrected chi connectivity index (χ4v) is 3.69. The molecule has 2 aromatic heterocycles. The zero-order chi connectivity index (χ0) is 19.6. The molecule has 0 aliphatic carbocycles. The van der Waals surface area contributed by atoms with Crippen LogP contribution in [0.3, 0.4) is 0 Å². The second-order valence-electron chi connectivity index (χ2n) is 7.16. The molecule has 7 heteroatoms. The SMILES string of the molecule is Fc1cccc(Oc2ncnc3cc(-c4cnn(C5CCNCC5)c4)ccc23)c1. The predicted molar refractivity (Wildman–Crippen MR) is 108 cm³/mol. The van der Waals surface area contributed by atoms with Crippen molar-refractivity contribution in [2.24, 2.45) is 0 Å². The highest BCUT2D eigenvalue weighted by Crippen LogP contribution is 2.30. The van der Waals surface area contributed by atoms with E-state index in [1.54, 1.807) is 12.1 Å². The summed E-state index contributed by atoms with van der Waals surface area (Å²) in [4.78, 5) is 8.60. The molecule has 1 saturated heterocycles. The molecule has 29 heavy (non-hydrogen) atoms. The monoisotopic (exact) mass is 389 g/mol. The van der Waals surface area contributed by atoms with E-state index in [9.17, 15) is 4.39 Å². The quantitative estimate of drug-likeness (QED) is 0.562. The zero-order valence-electron chi connectivity index (χ0n) is 15.8. The van der Waals surface area contributed by atoms with Crippen molar-refractivity contribution in [3.05, 3.63) is 67.0 Å². The van der Waals surface area contributed by atoms with Gasteiger partial charge in [0.1, 0.15) is 17.9 Å². The van der Waals surface area contributed by atoms with Crippen LogP contribution in [0.1, 0.15) is 18.9 Å². The number of rotatable bonds is 4. The second kappa shape index (κ2) is 7.60. The van der Waals surface area contributed by atoms with Crippen LogP contribution >= 0.6 is 0 Å². The Bertz CT molecular complexity index is 1150. The molecule has 0 bridgehead atoms. The third-order valence-electron chi connectivity index (χ3n) is 5.23. The molecule has 0 atom stereocenters. The normalized spacial score (nSPS) is 14.9. The average molecular weight is 389 g/mol. The summed E-state index contributed by atoms with van der Waals surface area (Å²) in [6.07, 6.45) is 7.63. The lowest BCUT2D eigenvalue weighted by Gasteiger charge is -2.22. The van der Waals surface area contributed by atoms with Crippen LogP contribution in [0, 0.1) is 5.82 Å². The summed E-state index contributed by atoms with van der Waals surface area (Å²) in [5.74, 6) is 0.448. The first-order chi connectivity index (χ1) is 14.3. The number of halogens is 1. The van der Waals surface area contributed by atoms with Crippen molar-refractivity contribution in [1.82, 2.24) is 25.1 Å². The highest BCUT2D eigenvalue weighted by Gasteiger charge is 2.16. The van der Waals surface area contributed by atoms with Crippen LogP contribution in [-0.4, -0.2) is 32.8 Å². The molecule has 0 unspecified atom stereocenters. The topological polar surface area (TPSA) is 64.9 Å². The third-order valence-corrected chi connectivity index (χ3v) is 5.23. The zero-order valence-corrected chi connectivity index (χ0v) is 15.8. The fraction of sp³-hybridized carbons (Fsp3) is 0.227. The third kappa shape index (κ3) is 3.69. The molecule has 1 aliphatic heterocycles. The number of nitrogens with zero attached hydrogens (tertiary/aromatic N) is 4. The van der Waals surface area contributed by atoms with Crippen LogP contribution in [0.5, 0.6) is 11.6 Å². The maximum absolute atomic E-state index is 13.4. The van der Waals surface area contributed by atoms with E-state index in [1.807, 2.05) is 24.4 Å². The molecule has 1 N–H and O–H groups in total. The van der Waals surface area contributed by atoms with Crippen LogP contribution < -0.4 is 10.1 Å². The first-order valence-electron chi connectivity index (χ1n) is 9.70. The van der Waals surface area contributed by atoms with Gasteiger partial charge in [-0.1, -0.05) is 12.1 Å². The summed E-state index contributed by atoms with van der Waals surface area (Å²) in [6.45, 7) is 2.06. The van der Waals surface area contributed by atoms with Crippen molar-refractivity contribution < 1.29 is 9.13 Å². The van der Waals surface area contributed by atoms with E-state index in [4.69, 9.17) is 4.74 Å². The molecule has 1 fully saturated rings. The van der Waals surface area contributed by atoms with Crippen LogP contribution in [0.2, 0.25) is 0 Å². The molecule has 4 aromatic rings. The van der Waals surface area contributed by atoms with Gasteiger partial charge in [-0.15, -0.1) is 0 Å². The molecule has 0 spiro atoms. The number of hydrogen-bond acceptors (Lipinski definition) is 5. The molecule has 2 aromatic carbocycles. The Balaban J connectivity index is 1.44. The summed E-state index contributed by atoms with van der Waals surface area (Å²) in [5, 5.41) is 8.72. The van der Waals surface area contributed by atoms with Gasteiger partial charge in [-0.25, -0.2) is 14.4 Å². The molecule has 0 radical (unpaired) electrons. The summed E-state index contributed by atoms with van der Waals surface area (Å²) in [6, 6.07) is 12.4. The standard InChI is InChI=1S/C22H20FN5O/c23-17-2-1-3-19(11-17)29-22-20-5-4-15(10-21(20)25-14-26-22)16-12-27-28(13-16)18-6-8-24-9-7-18/h1-5,10-14,18,24H,6-9H2. The van der Waals surface area contributed by atoms with Gasteiger partial charge >= 0.3 is 0 Å². The van der Waals surface area contributed by atoms with Gasteiger partial charge < -0.3 is 10.1 Å². The Labute approximate surface area is 167 Å². The highest BCUT2D eigenvalue weighted by atomic mass is 19.1. The van der Waals surface area contributed by atoms with E-state index in [-0.39, 0.29) is 5.82 Å². The number of fused-ring (bicyclic) bond motifs is 1. The lowest BCUT2D eigenvalue weighted by molar-refractivity contribution is 0.343. The summed E-state index contributed by atoms with van der Waals surface area (Å²) in [5.41, 5.74) is 2.85. The van der Waals surface area contributed by atoms with Gasteiger partial charge in [0, 0.05) is 17.8 Å². The Hall–Kier alpha value is -3.32. The van der Waals surface area contributed by atoms with Crippen LogP contribution in [0.4, 0.5) is 4.39 Å². The van der Waals surface area contributed by atoms with E-state index in [0.29, 0.717) is 17.7 Å². The number of nitrogens with one attached hydrogen (secondary N) is 1. The number of ether oxygens (including phenoxy) is 1. The molecular formula is C22H20FN5O. The predicted octanol–water partition coefficient (Wildman–Crippen LogP) is 4.35. The smallest absolute Gasteiger partial charge is 0.230 e. The fourth-order valence-electron chi connectivity index (χ4n) is 3.69. The Morgan fingerprint density at radius 3 is 2.79 bits per heavy atom. The summed E-state index contributed by atoms with van der Waals surface area (Å²) >= 11 is 0. The number of piperidine rings is 1. The van der Waals surface area contributed by atoms with Gasteiger partial charge in [-0.05, 0) is 55.8 Å². The molecule has 1 aliphatic rings. The molecule has 0 amide bonds. The molecule has 6 nitrogen and oxygen atoms in total. The Morgan fingerprint density at radius 1 is 1.03 bits per heavy atom. The van der Waals surface area contributed by atoms with Gasteiger partial charge in [-0.3, -0.25) is 4.68 Å². The minimum absolute atomic E-state index is 0.353. The largest absolute Gasteiger partial charge is 0.438 e. The molecule has 5 rings (SSSR count). The van der Waals surface area contributed by atoms with Crippen molar-refractivity contribution in [2.75, 3.05) is 13.1 Å². The minimum Gasteiger partial charge on any atom is -0.438 e.